The lowest BCUT2D eigenvalue weighted by Gasteiger charge is -2.09. The van der Waals surface area contributed by atoms with Crippen LogP contribution in [0.1, 0.15) is 31.1 Å². The third-order valence-electron chi connectivity index (χ3n) is 3.39. The summed E-state index contributed by atoms with van der Waals surface area (Å²) in [5, 5.41) is 7.33. The molecule has 1 saturated heterocycles. The van der Waals surface area contributed by atoms with Gasteiger partial charge in [0.15, 0.2) is 6.61 Å². The fraction of sp³-hybridized carbons (Fsp3) is 0.429. The highest BCUT2D eigenvalue weighted by Crippen LogP contribution is 2.27. The molecule has 1 aromatic heterocycles. The normalized spacial score (nSPS) is 22.6. The van der Waals surface area contributed by atoms with Crippen molar-refractivity contribution in [3.63, 3.8) is 0 Å². The molecule has 0 amide bonds. The minimum Gasteiger partial charge on any atom is -0.485 e. The van der Waals surface area contributed by atoms with Gasteiger partial charge in [0.1, 0.15) is 5.75 Å². The summed E-state index contributed by atoms with van der Waals surface area (Å²) in [5.41, 5.74) is 0. The van der Waals surface area contributed by atoms with E-state index < -0.39 is 0 Å². The Balaban J connectivity index is 1.62. The number of aromatic nitrogens is 2. The molecular weight excluding hydrogens is 242 g/mol. The molecule has 0 radical (unpaired) electrons. The molecule has 0 spiro atoms. The van der Waals surface area contributed by atoms with Gasteiger partial charge in [-0.15, -0.1) is 0 Å². The van der Waals surface area contributed by atoms with E-state index in [0.29, 0.717) is 24.2 Å². The molecule has 0 aliphatic carbocycles. The van der Waals surface area contributed by atoms with Crippen LogP contribution < -0.4 is 10.1 Å². The van der Waals surface area contributed by atoms with Crippen LogP contribution in [0.25, 0.3) is 0 Å². The third kappa shape index (κ3) is 2.76. The van der Waals surface area contributed by atoms with Crippen LogP contribution >= 0.6 is 0 Å². The van der Waals surface area contributed by atoms with Crippen LogP contribution in [-0.4, -0.2) is 16.7 Å². The average Bonchev–Trinajstić information content (AvgIpc) is 3.06. The first-order valence-corrected chi connectivity index (χ1v) is 6.56. The van der Waals surface area contributed by atoms with Crippen LogP contribution in [-0.2, 0) is 6.61 Å². The van der Waals surface area contributed by atoms with Crippen molar-refractivity contribution >= 4 is 0 Å². The Hall–Kier alpha value is -1.88. The van der Waals surface area contributed by atoms with Crippen molar-refractivity contribution in [3.8, 4) is 5.75 Å². The topological polar surface area (TPSA) is 60.2 Å². The quantitative estimate of drug-likeness (QED) is 0.913. The highest BCUT2D eigenvalue weighted by atomic mass is 16.5. The smallest absolute Gasteiger partial charge is 0.244 e. The molecule has 1 aliphatic heterocycles. The van der Waals surface area contributed by atoms with Crippen LogP contribution in [0, 0.1) is 5.92 Å². The van der Waals surface area contributed by atoms with Crippen molar-refractivity contribution in [1.29, 1.82) is 0 Å². The van der Waals surface area contributed by atoms with E-state index in [1.165, 1.54) is 0 Å². The minimum absolute atomic E-state index is 0.179. The van der Waals surface area contributed by atoms with Gasteiger partial charge in [-0.3, -0.25) is 0 Å². The van der Waals surface area contributed by atoms with Gasteiger partial charge in [0.2, 0.25) is 11.7 Å². The molecule has 2 aromatic rings. The molecule has 100 valence electrons. The minimum atomic E-state index is 0.179. The molecule has 1 N–H and O–H groups in total. The number of rotatable bonds is 4. The van der Waals surface area contributed by atoms with Crippen molar-refractivity contribution in [2.45, 2.75) is 26.0 Å². The lowest BCUT2D eigenvalue weighted by Crippen LogP contribution is -2.16. The molecule has 2 unspecified atom stereocenters. The summed E-state index contributed by atoms with van der Waals surface area (Å²) >= 11 is 0. The van der Waals surface area contributed by atoms with Crippen LogP contribution in [0.2, 0.25) is 0 Å². The predicted molar refractivity (Wildman–Crippen MR) is 69.6 cm³/mol. The summed E-state index contributed by atoms with van der Waals surface area (Å²) < 4.78 is 10.9. The number of benzene rings is 1. The maximum atomic E-state index is 5.59. The Kier molecular flexibility index (Phi) is 3.46. The van der Waals surface area contributed by atoms with E-state index in [1.807, 2.05) is 30.3 Å². The largest absolute Gasteiger partial charge is 0.485 e. The fourth-order valence-electron chi connectivity index (χ4n) is 2.28. The number of hydrogen-bond acceptors (Lipinski definition) is 5. The van der Waals surface area contributed by atoms with E-state index in [0.717, 1.165) is 18.7 Å². The number of ether oxygens (including phenoxy) is 1. The van der Waals surface area contributed by atoms with Gasteiger partial charge < -0.3 is 14.6 Å². The van der Waals surface area contributed by atoms with Crippen molar-refractivity contribution in [3.05, 3.63) is 42.0 Å². The first kappa shape index (κ1) is 12.2. The molecule has 3 rings (SSSR count). The van der Waals surface area contributed by atoms with Crippen LogP contribution in [0.4, 0.5) is 0 Å². The fourth-order valence-corrected chi connectivity index (χ4v) is 2.28. The highest BCUT2D eigenvalue weighted by molar-refractivity contribution is 5.20. The van der Waals surface area contributed by atoms with Gasteiger partial charge in [-0.05, 0) is 31.0 Å². The second-order valence-electron chi connectivity index (χ2n) is 4.85. The summed E-state index contributed by atoms with van der Waals surface area (Å²) in [4.78, 5) is 4.39. The van der Waals surface area contributed by atoms with E-state index in [-0.39, 0.29) is 6.04 Å². The van der Waals surface area contributed by atoms with E-state index in [2.05, 4.69) is 22.4 Å². The zero-order valence-corrected chi connectivity index (χ0v) is 10.9. The number of para-hydroxylation sites is 1. The van der Waals surface area contributed by atoms with Gasteiger partial charge in [0.05, 0.1) is 6.04 Å². The molecule has 0 bridgehead atoms. The molecular formula is C14H17N3O2. The monoisotopic (exact) mass is 259 g/mol. The van der Waals surface area contributed by atoms with Gasteiger partial charge >= 0.3 is 0 Å². The Bertz CT molecular complexity index is 526. The highest BCUT2D eigenvalue weighted by Gasteiger charge is 2.29. The van der Waals surface area contributed by atoms with E-state index in [4.69, 9.17) is 9.26 Å². The molecule has 0 saturated carbocycles. The Morgan fingerprint density at radius 3 is 2.95 bits per heavy atom. The molecule has 5 heteroatoms. The molecule has 2 heterocycles. The van der Waals surface area contributed by atoms with Gasteiger partial charge in [0, 0.05) is 0 Å². The van der Waals surface area contributed by atoms with Crippen LogP contribution in [0.5, 0.6) is 5.75 Å². The van der Waals surface area contributed by atoms with Gasteiger partial charge in [0.25, 0.3) is 0 Å². The maximum absolute atomic E-state index is 5.59. The second-order valence-corrected chi connectivity index (χ2v) is 4.85. The summed E-state index contributed by atoms with van der Waals surface area (Å²) in [6.07, 6.45) is 1.14. The Morgan fingerprint density at radius 1 is 1.37 bits per heavy atom. The van der Waals surface area contributed by atoms with Gasteiger partial charge in [-0.2, -0.15) is 4.98 Å². The molecule has 1 aromatic carbocycles. The summed E-state index contributed by atoms with van der Waals surface area (Å²) in [6, 6.07) is 9.80. The Morgan fingerprint density at radius 2 is 2.21 bits per heavy atom. The van der Waals surface area contributed by atoms with Gasteiger partial charge in [-0.1, -0.05) is 30.3 Å². The molecule has 2 atom stereocenters. The molecule has 1 fully saturated rings. The van der Waals surface area contributed by atoms with Crippen molar-refractivity contribution in [2.75, 3.05) is 6.54 Å². The predicted octanol–water partition coefficient (Wildman–Crippen LogP) is 2.32. The van der Waals surface area contributed by atoms with Crippen molar-refractivity contribution in [1.82, 2.24) is 15.5 Å². The lowest BCUT2D eigenvalue weighted by atomic mass is 10.0. The number of nitrogens with one attached hydrogen (secondary N) is 1. The second kappa shape index (κ2) is 5.40. The number of nitrogens with zero attached hydrogens (tertiary/aromatic N) is 2. The van der Waals surface area contributed by atoms with Crippen LogP contribution in [0.15, 0.2) is 34.9 Å². The average molecular weight is 259 g/mol. The first-order chi connectivity index (χ1) is 9.33. The molecule has 19 heavy (non-hydrogen) atoms. The summed E-state index contributed by atoms with van der Waals surface area (Å²) in [5.74, 6) is 2.58. The zero-order chi connectivity index (χ0) is 13.1. The van der Waals surface area contributed by atoms with Crippen molar-refractivity contribution in [2.24, 2.45) is 5.92 Å². The standard InChI is InChI=1S/C14H17N3O2/c1-10-7-8-15-13(10)14-16-12(17-19-14)9-18-11-5-3-2-4-6-11/h2-6,10,13,15H,7-9H2,1H3. The Labute approximate surface area is 112 Å². The lowest BCUT2D eigenvalue weighted by molar-refractivity contribution is 0.280. The van der Waals surface area contributed by atoms with E-state index >= 15 is 0 Å². The molecule has 1 aliphatic rings. The van der Waals surface area contributed by atoms with E-state index in [9.17, 15) is 0 Å². The third-order valence-corrected chi connectivity index (χ3v) is 3.39. The van der Waals surface area contributed by atoms with Gasteiger partial charge in [-0.25, -0.2) is 0 Å². The maximum Gasteiger partial charge on any atom is 0.244 e. The summed E-state index contributed by atoms with van der Waals surface area (Å²) in [6.45, 7) is 3.52. The van der Waals surface area contributed by atoms with Crippen LogP contribution in [0.3, 0.4) is 0 Å². The summed E-state index contributed by atoms with van der Waals surface area (Å²) in [7, 11) is 0. The van der Waals surface area contributed by atoms with Crippen molar-refractivity contribution < 1.29 is 9.26 Å². The SMILES string of the molecule is CC1CCNC1c1nc(COc2ccccc2)no1. The number of hydrogen-bond donors (Lipinski definition) is 1. The first-order valence-electron chi connectivity index (χ1n) is 6.56. The zero-order valence-electron chi connectivity index (χ0n) is 10.9. The van der Waals surface area contributed by atoms with E-state index in [1.54, 1.807) is 0 Å². The molecule has 5 nitrogen and oxygen atoms in total.